The van der Waals surface area contributed by atoms with Crippen LogP contribution in [0.1, 0.15) is 39.5 Å². The number of carbonyl (C=O) groups is 1. The summed E-state index contributed by atoms with van der Waals surface area (Å²) in [5, 5.41) is 8.49. The summed E-state index contributed by atoms with van der Waals surface area (Å²) in [5.74, 6) is 0.533. The van der Waals surface area contributed by atoms with Gasteiger partial charge in [0.25, 0.3) is 0 Å². The average molecular weight is 158 g/mol. The molecule has 0 aromatic heterocycles. The molecular formula is C9H18O2. The first-order valence-corrected chi connectivity index (χ1v) is 4.39. The summed E-state index contributed by atoms with van der Waals surface area (Å²) in [4.78, 5) is 11.3. The van der Waals surface area contributed by atoms with Gasteiger partial charge in [-0.05, 0) is 19.3 Å². The Balaban J connectivity index is 3.61. The Hall–Kier alpha value is -0.370. The normalized spacial score (nSPS) is 10.5. The molecule has 2 nitrogen and oxygen atoms in total. The Morgan fingerprint density at radius 3 is 2.27 bits per heavy atom. The molecule has 11 heavy (non-hydrogen) atoms. The van der Waals surface area contributed by atoms with Crippen molar-refractivity contribution in [2.24, 2.45) is 5.92 Å². The number of aliphatic hydroxyl groups is 1. The van der Waals surface area contributed by atoms with Crippen molar-refractivity contribution in [3.8, 4) is 0 Å². The summed E-state index contributed by atoms with van der Waals surface area (Å²) in [6, 6.07) is 0. The molecule has 0 saturated carbocycles. The summed E-state index contributed by atoms with van der Waals surface area (Å²) >= 11 is 0. The minimum absolute atomic E-state index is 0.131. The van der Waals surface area contributed by atoms with Crippen molar-refractivity contribution < 1.29 is 9.90 Å². The number of Topliss-reactive ketones (excluding diaryl/α,β-unsaturated/α-hetero) is 1. The number of rotatable bonds is 6. The van der Waals surface area contributed by atoms with Gasteiger partial charge in [-0.2, -0.15) is 0 Å². The highest BCUT2D eigenvalue weighted by Gasteiger charge is 2.12. The summed E-state index contributed by atoms with van der Waals surface area (Å²) in [6.45, 7) is 4.20. The highest BCUT2D eigenvalue weighted by molar-refractivity contribution is 5.80. The van der Waals surface area contributed by atoms with Gasteiger partial charge in [0.2, 0.25) is 0 Å². The lowest BCUT2D eigenvalue weighted by atomic mass is 9.95. The van der Waals surface area contributed by atoms with E-state index < -0.39 is 0 Å². The molecule has 1 N–H and O–H groups in total. The van der Waals surface area contributed by atoms with Crippen LogP contribution in [0.2, 0.25) is 0 Å². The highest BCUT2D eigenvalue weighted by atomic mass is 16.3. The molecule has 66 valence electrons. The third kappa shape index (κ3) is 4.14. The molecule has 0 saturated heterocycles. The van der Waals surface area contributed by atoms with E-state index in [0.717, 1.165) is 12.8 Å². The molecule has 0 fully saturated rings. The Kier molecular flexibility index (Phi) is 6.13. The third-order valence-corrected chi connectivity index (χ3v) is 2.02. The molecule has 0 aliphatic heterocycles. The second-order valence-corrected chi connectivity index (χ2v) is 2.81. The van der Waals surface area contributed by atoms with Crippen LogP contribution in [0.25, 0.3) is 0 Å². The van der Waals surface area contributed by atoms with Crippen LogP contribution in [0.4, 0.5) is 0 Å². The molecule has 0 aliphatic rings. The predicted octanol–water partition coefficient (Wildman–Crippen LogP) is 1.76. The summed E-state index contributed by atoms with van der Waals surface area (Å²) in [6.07, 6.45) is 3.03. The van der Waals surface area contributed by atoms with E-state index in [9.17, 15) is 4.79 Å². The summed E-state index contributed by atoms with van der Waals surface area (Å²) in [5.41, 5.74) is 0. The zero-order valence-corrected chi connectivity index (χ0v) is 7.47. The van der Waals surface area contributed by atoms with Gasteiger partial charge in [0, 0.05) is 18.9 Å². The van der Waals surface area contributed by atoms with E-state index in [0.29, 0.717) is 18.6 Å². The fourth-order valence-corrected chi connectivity index (χ4v) is 1.20. The molecule has 0 atom stereocenters. The SMILES string of the molecule is CCC(CC)C(=O)CCCO. The zero-order chi connectivity index (χ0) is 8.69. The highest BCUT2D eigenvalue weighted by Crippen LogP contribution is 2.11. The van der Waals surface area contributed by atoms with Gasteiger partial charge in [-0.1, -0.05) is 13.8 Å². The Labute approximate surface area is 68.6 Å². The van der Waals surface area contributed by atoms with Gasteiger partial charge in [0.15, 0.2) is 0 Å². The van der Waals surface area contributed by atoms with Crippen LogP contribution < -0.4 is 0 Å². The molecule has 0 unspecified atom stereocenters. The fourth-order valence-electron chi connectivity index (χ4n) is 1.20. The van der Waals surface area contributed by atoms with E-state index in [4.69, 9.17) is 5.11 Å². The quantitative estimate of drug-likeness (QED) is 0.639. The molecule has 0 spiro atoms. The molecule has 0 radical (unpaired) electrons. The van der Waals surface area contributed by atoms with Crippen LogP contribution in [0, 0.1) is 5.92 Å². The van der Waals surface area contributed by atoms with Crippen LogP contribution in [0.5, 0.6) is 0 Å². The maximum Gasteiger partial charge on any atom is 0.136 e. The molecule has 2 heteroatoms. The number of hydrogen-bond donors (Lipinski definition) is 1. The summed E-state index contributed by atoms with van der Waals surface area (Å²) < 4.78 is 0. The standard InChI is InChI=1S/C9H18O2/c1-3-8(4-2)9(11)6-5-7-10/h8,10H,3-7H2,1-2H3. The van der Waals surface area contributed by atoms with Crippen LogP contribution in [-0.4, -0.2) is 17.5 Å². The van der Waals surface area contributed by atoms with Crippen LogP contribution in [0.15, 0.2) is 0 Å². The summed E-state index contributed by atoms with van der Waals surface area (Å²) in [7, 11) is 0. The number of hydrogen-bond acceptors (Lipinski definition) is 2. The second kappa shape index (κ2) is 6.35. The van der Waals surface area contributed by atoms with Gasteiger partial charge in [-0.3, -0.25) is 4.79 Å². The fraction of sp³-hybridized carbons (Fsp3) is 0.889. The van der Waals surface area contributed by atoms with Gasteiger partial charge in [-0.15, -0.1) is 0 Å². The Morgan fingerprint density at radius 1 is 1.36 bits per heavy atom. The molecule has 0 amide bonds. The number of aliphatic hydroxyl groups excluding tert-OH is 1. The topological polar surface area (TPSA) is 37.3 Å². The van der Waals surface area contributed by atoms with Gasteiger partial charge >= 0.3 is 0 Å². The van der Waals surface area contributed by atoms with Crippen molar-refractivity contribution in [2.45, 2.75) is 39.5 Å². The maximum atomic E-state index is 11.3. The number of carbonyl (C=O) groups excluding carboxylic acids is 1. The minimum Gasteiger partial charge on any atom is -0.396 e. The lowest BCUT2D eigenvalue weighted by Gasteiger charge is -2.09. The van der Waals surface area contributed by atoms with Crippen LogP contribution in [-0.2, 0) is 4.79 Å². The molecule has 0 aromatic rings. The maximum absolute atomic E-state index is 11.3. The van der Waals surface area contributed by atoms with Gasteiger partial charge in [-0.25, -0.2) is 0 Å². The van der Waals surface area contributed by atoms with Gasteiger partial charge in [0.05, 0.1) is 0 Å². The molecular weight excluding hydrogens is 140 g/mol. The van der Waals surface area contributed by atoms with E-state index in [1.807, 2.05) is 13.8 Å². The van der Waals surface area contributed by atoms with E-state index in [1.165, 1.54) is 0 Å². The van der Waals surface area contributed by atoms with Gasteiger partial charge in [0.1, 0.15) is 5.78 Å². The third-order valence-electron chi connectivity index (χ3n) is 2.02. The molecule has 0 rings (SSSR count). The molecule has 0 heterocycles. The molecule has 0 bridgehead atoms. The first-order chi connectivity index (χ1) is 5.26. The van der Waals surface area contributed by atoms with Crippen LogP contribution >= 0.6 is 0 Å². The van der Waals surface area contributed by atoms with E-state index >= 15 is 0 Å². The Morgan fingerprint density at radius 2 is 1.91 bits per heavy atom. The molecule has 0 aromatic carbocycles. The lowest BCUT2D eigenvalue weighted by Crippen LogP contribution is -2.12. The van der Waals surface area contributed by atoms with E-state index in [1.54, 1.807) is 0 Å². The van der Waals surface area contributed by atoms with Crippen molar-refractivity contribution in [3.05, 3.63) is 0 Å². The second-order valence-electron chi connectivity index (χ2n) is 2.81. The first kappa shape index (κ1) is 10.6. The lowest BCUT2D eigenvalue weighted by molar-refractivity contribution is -0.123. The Bertz CT molecular complexity index is 106. The monoisotopic (exact) mass is 158 g/mol. The van der Waals surface area contributed by atoms with E-state index in [2.05, 4.69) is 0 Å². The van der Waals surface area contributed by atoms with Crippen molar-refractivity contribution in [1.82, 2.24) is 0 Å². The van der Waals surface area contributed by atoms with Crippen molar-refractivity contribution in [1.29, 1.82) is 0 Å². The first-order valence-electron chi connectivity index (χ1n) is 4.39. The average Bonchev–Trinajstić information content (AvgIpc) is 2.03. The minimum atomic E-state index is 0.131. The van der Waals surface area contributed by atoms with Crippen molar-refractivity contribution >= 4 is 5.78 Å². The molecule has 0 aliphatic carbocycles. The zero-order valence-electron chi connectivity index (χ0n) is 7.47. The predicted molar refractivity (Wildman–Crippen MR) is 45.4 cm³/mol. The van der Waals surface area contributed by atoms with Crippen molar-refractivity contribution in [3.63, 3.8) is 0 Å². The van der Waals surface area contributed by atoms with Crippen LogP contribution in [0.3, 0.4) is 0 Å². The van der Waals surface area contributed by atoms with E-state index in [-0.39, 0.29) is 12.5 Å². The van der Waals surface area contributed by atoms with Crippen molar-refractivity contribution in [2.75, 3.05) is 6.61 Å². The number of ketones is 1. The smallest absolute Gasteiger partial charge is 0.136 e. The largest absolute Gasteiger partial charge is 0.396 e. The van der Waals surface area contributed by atoms with Gasteiger partial charge < -0.3 is 5.11 Å².